The second-order valence-electron chi connectivity index (χ2n) is 12.2. The van der Waals surface area contributed by atoms with Gasteiger partial charge in [0.15, 0.2) is 17.2 Å². The van der Waals surface area contributed by atoms with Gasteiger partial charge in [0, 0.05) is 61.6 Å². The summed E-state index contributed by atoms with van der Waals surface area (Å²) in [5.41, 5.74) is 3.36. The normalized spacial score (nSPS) is 17.0. The van der Waals surface area contributed by atoms with Crippen molar-refractivity contribution < 1.29 is 27.1 Å². The van der Waals surface area contributed by atoms with Crippen LogP contribution < -0.4 is 9.64 Å². The van der Waals surface area contributed by atoms with Gasteiger partial charge in [0.25, 0.3) is 0 Å². The van der Waals surface area contributed by atoms with Gasteiger partial charge >= 0.3 is 6.18 Å². The molecule has 6 rings (SSSR count). The van der Waals surface area contributed by atoms with Gasteiger partial charge < -0.3 is 19.0 Å². The summed E-state index contributed by atoms with van der Waals surface area (Å²) in [7, 11) is 0. The Balaban J connectivity index is 1.01. The lowest BCUT2D eigenvalue weighted by Crippen LogP contribution is -2.38. The molecule has 9 heteroatoms. The number of piperidine rings is 2. The number of carbonyl (C=O) groups is 1. The van der Waals surface area contributed by atoms with Crippen molar-refractivity contribution in [3.8, 4) is 5.75 Å². The summed E-state index contributed by atoms with van der Waals surface area (Å²) >= 11 is 0. The molecule has 3 aromatic carbocycles. The number of alkyl halides is 3. The van der Waals surface area contributed by atoms with Crippen LogP contribution in [0.25, 0.3) is 15.8 Å². The Hall–Kier alpha value is -4.29. The third-order valence-electron chi connectivity index (χ3n) is 9.15. The molecule has 0 spiro atoms. The minimum absolute atomic E-state index is 0.0222. The Morgan fingerprint density at radius 2 is 1.69 bits per heavy atom. The van der Waals surface area contributed by atoms with Crippen LogP contribution >= 0.6 is 0 Å². The van der Waals surface area contributed by atoms with Crippen LogP contribution in [0, 0.1) is 19.4 Å². The number of furan rings is 1. The van der Waals surface area contributed by atoms with Crippen LogP contribution in [0.15, 0.2) is 71.1 Å². The SMILES string of the molecule is [C-]#[N+]c1ccccc1CN1CCC(CC(=O)c2oc3cc(OC4CCN(c5ccc(C(F)(F)F)cc5)CC4)ccc3c2C)CC1. The van der Waals surface area contributed by atoms with Gasteiger partial charge in [-0.3, -0.25) is 4.79 Å². The molecule has 234 valence electrons. The summed E-state index contributed by atoms with van der Waals surface area (Å²) in [6.07, 6.45) is -0.564. The smallest absolute Gasteiger partial charge is 0.416 e. The number of likely N-dealkylation sites (tertiary alicyclic amines) is 1. The van der Waals surface area contributed by atoms with E-state index in [9.17, 15) is 18.0 Å². The summed E-state index contributed by atoms with van der Waals surface area (Å²) in [6, 6.07) is 18.7. The quantitative estimate of drug-likeness (QED) is 0.146. The number of rotatable bonds is 8. The van der Waals surface area contributed by atoms with Gasteiger partial charge in [-0.05, 0) is 80.7 Å². The van der Waals surface area contributed by atoms with E-state index < -0.39 is 11.7 Å². The molecule has 2 aliphatic heterocycles. The summed E-state index contributed by atoms with van der Waals surface area (Å²) in [6.45, 7) is 13.2. The number of hydrogen-bond acceptors (Lipinski definition) is 5. The molecule has 0 atom stereocenters. The third kappa shape index (κ3) is 7.02. The number of hydrogen-bond donors (Lipinski definition) is 0. The van der Waals surface area contributed by atoms with Crippen molar-refractivity contribution >= 4 is 28.1 Å². The zero-order valence-corrected chi connectivity index (χ0v) is 25.3. The highest BCUT2D eigenvalue weighted by atomic mass is 19.4. The molecule has 2 fully saturated rings. The van der Waals surface area contributed by atoms with Gasteiger partial charge in [-0.1, -0.05) is 24.3 Å². The van der Waals surface area contributed by atoms with Crippen molar-refractivity contribution in [2.45, 2.75) is 57.9 Å². The molecular weight excluding hydrogens is 579 g/mol. The number of halogens is 3. The molecule has 0 aliphatic carbocycles. The minimum atomic E-state index is -4.34. The Morgan fingerprint density at radius 3 is 2.38 bits per heavy atom. The Labute approximate surface area is 261 Å². The molecule has 0 N–H and O–H groups in total. The molecule has 0 saturated carbocycles. The first-order valence-electron chi connectivity index (χ1n) is 15.5. The number of ketones is 1. The third-order valence-corrected chi connectivity index (χ3v) is 9.15. The molecule has 2 aliphatic rings. The first-order chi connectivity index (χ1) is 21.7. The average Bonchev–Trinajstić information content (AvgIpc) is 3.37. The van der Waals surface area contributed by atoms with Crippen LogP contribution in [0.4, 0.5) is 24.5 Å². The fraction of sp³-hybridized carbons (Fsp3) is 0.389. The van der Waals surface area contributed by atoms with E-state index in [0.717, 1.165) is 79.7 Å². The number of para-hydroxylation sites is 1. The number of nitrogens with zero attached hydrogens (tertiary/aromatic N) is 3. The van der Waals surface area contributed by atoms with Gasteiger partial charge in [-0.15, -0.1) is 0 Å². The zero-order valence-electron chi connectivity index (χ0n) is 25.3. The van der Waals surface area contributed by atoms with Crippen molar-refractivity contribution in [1.29, 1.82) is 0 Å². The molecule has 0 radical (unpaired) electrons. The van der Waals surface area contributed by atoms with E-state index in [0.29, 0.717) is 48.2 Å². The fourth-order valence-corrected chi connectivity index (χ4v) is 6.53. The maximum Gasteiger partial charge on any atom is 0.416 e. The molecule has 6 nitrogen and oxygen atoms in total. The van der Waals surface area contributed by atoms with E-state index in [2.05, 4.69) is 14.6 Å². The molecule has 0 unspecified atom stereocenters. The molecular formula is C36H36F3N3O3. The number of benzene rings is 3. The van der Waals surface area contributed by atoms with E-state index >= 15 is 0 Å². The predicted octanol–water partition coefficient (Wildman–Crippen LogP) is 8.84. The van der Waals surface area contributed by atoms with Crippen LogP contribution in [-0.4, -0.2) is 43.0 Å². The van der Waals surface area contributed by atoms with Crippen LogP contribution in [0.2, 0.25) is 0 Å². The van der Waals surface area contributed by atoms with Crippen molar-refractivity contribution in [2.75, 3.05) is 31.1 Å². The summed E-state index contributed by atoms with van der Waals surface area (Å²) in [4.78, 5) is 21.4. The topological polar surface area (TPSA) is 50.3 Å². The van der Waals surface area contributed by atoms with Crippen LogP contribution in [-0.2, 0) is 12.7 Å². The summed E-state index contributed by atoms with van der Waals surface area (Å²) in [5, 5.41) is 0.899. The second-order valence-corrected chi connectivity index (χ2v) is 12.2. The number of anilines is 1. The lowest BCUT2D eigenvalue weighted by atomic mass is 9.90. The first kappa shape index (κ1) is 30.7. The highest BCUT2D eigenvalue weighted by molar-refractivity contribution is 6.00. The van der Waals surface area contributed by atoms with E-state index in [4.69, 9.17) is 15.7 Å². The molecule has 3 heterocycles. The van der Waals surface area contributed by atoms with Gasteiger partial charge in [0.05, 0.1) is 12.1 Å². The maximum atomic E-state index is 13.3. The Morgan fingerprint density at radius 1 is 0.978 bits per heavy atom. The van der Waals surface area contributed by atoms with Crippen molar-refractivity contribution in [3.05, 3.63) is 101 Å². The van der Waals surface area contributed by atoms with Crippen LogP contribution in [0.3, 0.4) is 0 Å². The Kier molecular flexibility index (Phi) is 8.86. The summed E-state index contributed by atoms with van der Waals surface area (Å²) < 4.78 is 51.1. The minimum Gasteiger partial charge on any atom is -0.490 e. The number of carbonyl (C=O) groups excluding carboxylic acids is 1. The highest BCUT2D eigenvalue weighted by Gasteiger charge is 2.31. The molecule has 0 amide bonds. The van der Waals surface area contributed by atoms with Gasteiger partial charge in [0.2, 0.25) is 0 Å². The second kappa shape index (κ2) is 13.0. The standard InChI is InChI=1S/C36H36F3N3O3/c1-24-31-12-11-30(44-29-15-19-42(20-16-29)28-9-7-27(8-10-28)36(37,38)39)22-34(31)45-35(24)33(43)21-25-13-17-41(18-14-25)23-26-5-3-4-6-32(26)40-2/h3-12,22,25,29H,13-21,23H2,1H3. The average molecular weight is 616 g/mol. The molecule has 2 saturated heterocycles. The van der Waals surface area contributed by atoms with Crippen LogP contribution in [0.1, 0.15) is 59.3 Å². The van der Waals surface area contributed by atoms with E-state index in [1.807, 2.05) is 49.4 Å². The molecule has 1 aromatic heterocycles. The number of Topliss-reactive ketones (excluding diaryl/α,β-unsaturated/α-hetero) is 1. The zero-order chi connectivity index (χ0) is 31.6. The maximum absolute atomic E-state index is 13.3. The Bertz CT molecular complexity index is 1690. The fourth-order valence-electron chi connectivity index (χ4n) is 6.53. The molecule has 4 aromatic rings. The molecule has 0 bridgehead atoms. The lowest BCUT2D eigenvalue weighted by molar-refractivity contribution is -0.137. The van der Waals surface area contributed by atoms with E-state index in [-0.39, 0.29) is 11.9 Å². The van der Waals surface area contributed by atoms with Crippen molar-refractivity contribution in [1.82, 2.24) is 4.90 Å². The van der Waals surface area contributed by atoms with Crippen LogP contribution in [0.5, 0.6) is 5.75 Å². The lowest BCUT2D eigenvalue weighted by Gasteiger charge is -2.33. The van der Waals surface area contributed by atoms with E-state index in [1.54, 1.807) is 0 Å². The monoisotopic (exact) mass is 615 g/mol. The first-order valence-corrected chi connectivity index (χ1v) is 15.5. The number of aryl methyl sites for hydroxylation is 1. The van der Waals surface area contributed by atoms with Gasteiger partial charge in [-0.2, -0.15) is 13.2 Å². The predicted molar refractivity (Wildman–Crippen MR) is 168 cm³/mol. The van der Waals surface area contributed by atoms with Crippen molar-refractivity contribution in [2.24, 2.45) is 5.92 Å². The highest BCUT2D eigenvalue weighted by Crippen LogP contribution is 2.34. The van der Waals surface area contributed by atoms with Gasteiger partial charge in [-0.25, -0.2) is 4.85 Å². The van der Waals surface area contributed by atoms with Crippen molar-refractivity contribution in [3.63, 3.8) is 0 Å². The van der Waals surface area contributed by atoms with Gasteiger partial charge in [0.1, 0.15) is 17.4 Å². The largest absolute Gasteiger partial charge is 0.490 e. The summed E-state index contributed by atoms with van der Waals surface area (Å²) in [5.74, 6) is 1.42. The molecule has 45 heavy (non-hydrogen) atoms. The number of ether oxygens (including phenoxy) is 1. The van der Waals surface area contributed by atoms with E-state index in [1.165, 1.54) is 12.1 Å². The number of fused-ring (bicyclic) bond motifs is 1.